The van der Waals surface area contributed by atoms with Gasteiger partial charge in [0.15, 0.2) is 6.10 Å². The molecule has 0 heterocycles. The minimum atomic E-state index is -0.859. The first kappa shape index (κ1) is 25.5. The lowest BCUT2D eigenvalue weighted by Gasteiger charge is -2.16. The fourth-order valence-electron chi connectivity index (χ4n) is 4.42. The lowest BCUT2D eigenvalue weighted by Crippen LogP contribution is -2.26. The van der Waals surface area contributed by atoms with Gasteiger partial charge in [-0.15, -0.1) is 0 Å². The second-order valence-electron chi connectivity index (χ2n) is 9.12. The zero-order valence-corrected chi connectivity index (χ0v) is 19.7. The first-order valence-corrected chi connectivity index (χ1v) is 12.9. The fraction of sp³-hybridized carbons (Fsp3) is 0.679. The lowest BCUT2D eigenvalue weighted by atomic mass is 9.95. The van der Waals surface area contributed by atoms with Crippen molar-refractivity contribution in [2.24, 2.45) is 0 Å². The molecule has 0 saturated heterocycles. The average Bonchev–Trinajstić information content (AvgIpc) is 2.74. The summed E-state index contributed by atoms with van der Waals surface area (Å²) in [6.45, 7) is 2.25. The summed E-state index contributed by atoms with van der Waals surface area (Å²) in [4.78, 5) is 11.6. The first-order chi connectivity index (χ1) is 15.2. The van der Waals surface area contributed by atoms with Crippen LogP contribution in [-0.2, 0) is 4.79 Å². The number of hydrogen-bond donors (Lipinski definition) is 1. The highest BCUT2D eigenvalue weighted by Gasteiger charge is 2.19. The highest BCUT2D eigenvalue weighted by molar-refractivity contribution is 5.72. The summed E-state index contributed by atoms with van der Waals surface area (Å²) < 4.78 is 5.83. The van der Waals surface area contributed by atoms with E-state index in [0.717, 1.165) is 25.7 Å². The van der Waals surface area contributed by atoms with Gasteiger partial charge in [0.2, 0.25) is 0 Å². The standard InChI is InChI=1S/C28H44O3/c1-2-3-4-5-6-7-8-9-13-16-19-27(28(29)30)31-26-22-20-25(21-23-26)24-17-14-11-10-12-15-18-24/h17,20-23,27H,2-16,18-19H2,1H3,(H,29,30). The Hall–Kier alpha value is -1.77. The molecular weight excluding hydrogens is 384 g/mol. The molecule has 1 aromatic carbocycles. The van der Waals surface area contributed by atoms with Crippen LogP contribution in [0.1, 0.15) is 122 Å². The molecule has 3 heteroatoms. The van der Waals surface area contributed by atoms with Crippen molar-refractivity contribution in [1.82, 2.24) is 0 Å². The smallest absolute Gasteiger partial charge is 0.344 e. The number of ether oxygens (including phenoxy) is 1. The number of aliphatic carboxylic acids is 1. The second-order valence-corrected chi connectivity index (χ2v) is 9.12. The molecule has 1 N–H and O–H groups in total. The van der Waals surface area contributed by atoms with Gasteiger partial charge in [0.25, 0.3) is 0 Å². The van der Waals surface area contributed by atoms with E-state index in [2.05, 4.69) is 25.1 Å². The second kappa shape index (κ2) is 15.9. The van der Waals surface area contributed by atoms with Crippen LogP contribution in [-0.4, -0.2) is 17.2 Å². The van der Waals surface area contributed by atoms with Crippen LogP contribution in [0, 0.1) is 0 Å². The number of hydrogen-bond acceptors (Lipinski definition) is 2. The summed E-state index contributed by atoms with van der Waals surface area (Å²) >= 11 is 0. The molecule has 0 amide bonds. The van der Waals surface area contributed by atoms with Gasteiger partial charge < -0.3 is 9.84 Å². The van der Waals surface area contributed by atoms with Crippen molar-refractivity contribution in [3.8, 4) is 5.75 Å². The third-order valence-electron chi connectivity index (χ3n) is 6.39. The van der Waals surface area contributed by atoms with Crippen LogP contribution in [0.4, 0.5) is 0 Å². The van der Waals surface area contributed by atoms with Gasteiger partial charge in [0.05, 0.1) is 0 Å². The van der Waals surface area contributed by atoms with E-state index in [9.17, 15) is 9.90 Å². The Bertz CT molecular complexity index is 632. The van der Waals surface area contributed by atoms with Crippen LogP contribution in [0.2, 0.25) is 0 Å². The van der Waals surface area contributed by atoms with E-state index >= 15 is 0 Å². The van der Waals surface area contributed by atoms with Crippen molar-refractivity contribution in [3.63, 3.8) is 0 Å². The largest absolute Gasteiger partial charge is 0.479 e. The minimum Gasteiger partial charge on any atom is -0.479 e. The van der Waals surface area contributed by atoms with Gasteiger partial charge in [-0.2, -0.15) is 0 Å². The molecular formula is C28H44O3. The van der Waals surface area contributed by atoms with Gasteiger partial charge in [-0.05, 0) is 61.8 Å². The van der Waals surface area contributed by atoms with Crippen LogP contribution in [0.15, 0.2) is 30.3 Å². The third kappa shape index (κ3) is 10.9. The van der Waals surface area contributed by atoms with Crippen molar-refractivity contribution in [3.05, 3.63) is 35.9 Å². The molecule has 0 aromatic heterocycles. The SMILES string of the molecule is CCCCCCCCCCCCC(Oc1ccc(C2=CCCCCCC2)cc1)C(=O)O. The highest BCUT2D eigenvalue weighted by atomic mass is 16.5. The average molecular weight is 429 g/mol. The minimum absolute atomic E-state index is 0.582. The lowest BCUT2D eigenvalue weighted by molar-refractivity contribution is -0.145. The van der Waals surface area contributed by atoms with Crippen LogP contribution < -0.4 is 4.74 Å². The van der Waals surface area contributed by atoms with Crippen molar-refractivity contribution in [2.75, 3.05) is 0 Å². The molecule has 0 radical (unpaired) electrons. The van der Waals surface area contributed by atoms with Gasteiger partial charge in [-0.1, -0.05) is 95.8 Å². The van der Waals surface area contributed by atoms with Crippen LogP contribution in [0.25, 0.3) is 5.57 Å². The molecule has 2 rings (SSSR count). The normalized spacial score (nSPS) is 15.6. The number of benzene rings is 1. The maximum absolute atomic E-state index is 11.6. The number of carboxylic acids is 1. The van der Waals surface area contributed by atoms with Crippen LogP contribution in [0.5, 0.6) is 5.75 Å². The molecule has 3 nitrogen and oxygen atoms in total. The molecule has 1 aliphatic carbocycles. The molecule has 0 aliphatic heterocycles. The van der Waals surface area contributed by atoms with Gasteiger partial charge in [-0.3, -0.25) is 0 Å². The molecule has 1 atom stereocenters. The predicted octanol–water partition coefficient (Wildman–Crippen LogP) is 8.57. The summed E-state index contributed by atoms with van der Waals surface area (Å²) in [6, 6.07) is 8.04. The van der Waals surface area contributed by atoms with Crippen molar-refractivity contribution >= 4 is 11.5 Å². The number of carbonyl (C=O) groups is 1. The molecule has 31 heavy (non-hydrogen) atoms. The summed E-state index contributed by atoms with van der Waals surface area (Å²) in [6.07, 6.45) is 22.2. The van der Waals surface area contributed by atoms with E-state index in [4.69, 9.17) is 4.74 Å². The van der Waals surface area contributed by atoms with Crippen LogP contribution >= 0.6 is 0 Å². The Balaban J connectivity index is 1.69. The Morgan fingerprint density at radius 2 is 1.48 bits per heavy atom. The van der Waals surface area contributed by atoms with Crippen molar-refractivity contribution < 1.29 is 14.6 Å². The molecule has 1 unspecified atom stereocenters. The van der Waals surface area contributed by atoms with Gasteiger partial charge in [-0.25, -0.2) is 4.79 Å². The maximum atomic E-state index is 11.6. The first-order valence-electron chi connectivity index (χ1n) is 12.9. The van der Waals surface area contributed by atoms with E-state index in [1.165, 1.54) is 88.2 Å². The summed E-state index contributed by atoms with van der Waals surface area (Å²) in [5.41, 5.74) is 2.67. The van der Waals surface area contributed by atoms with E-state index in [0.29, 0.717) is 12.2 Å². The molecule has 1 aliphatic rings. The molecule has 174 valence electrons. The number of allylic oxidation sites excluding steroid dienone is 2. The van der Waals surface area contributed by atoms with Gasteiger partial charge in [0.1, 0.15) is 5.75 Å². The van der Waals surface area contributed by atoms with Crippen molar-refractivity contribution in [2.45, 2.75) is 122 Å². The Kier molecular flexibility index (Phi) is 13.1. The Labute approximate surface area is 190 Å². The summed E-state index contributed by atoms with van der Waals surface area (Å²) in [5, 5.41) is 9.56. The molecule has 0 bridgehead atoms. The Morgan fingerprint density at radius 1 is 0.871 bits per heavy atom. The number of unbranched alkanes of at least 4 members (excludes halogenated alkanes) is 9. The fourth-order valence-corrected chi connectivity index (χ4v) is 4.42. The Morgan fingerprint density at radius 3 is 2.13 bits per heavy atom. The topological polar surface area (TPSA) is 46.5 Å². The van der Waals surface area contributed by atoms with E-state index in [1.54, 1.807) is 0 Å². The molecule has 0 fully saturated rings. The zero-order valence-electron chi connectivity index (χ0n) is 19.7. The number of carboxylic acid groups (broad SMARTS) is 1. The van der Waals surface area contributed by atoms with Crippen LogP contribution in [0.3, 0.4) is 0 Å². The number of rotatable bonds is 15. The maximum Gasteiger partial charge on any atom is 0.344 e. The quantitative estimate of drug-likeness (QED) is 0.285. The third-order valence-corrected chi connectivity index (χ3v) is 6.39. The van der Waals surface area contributed by atoms with Gasteiger partial charge >= 0.3 is 5.97 Å². The van der Waals surface area contributed by atoms with Gasteiger partial charge in [0, 0.05) is 0 Å². The monoisotopic (exact) mass is 428 g/mol. The van der Waals surface area contributed by atoms with Crippen molar-refractivity contribution in [1.29, 1.82) is 0 Å². The van der Waals surface area contributed by atoms with E-state index in [1.807, 2.05) is 12.1 Å². The molecule has 0 spiro atoms. The summed E-state index contributed by atoms with van der Waals surface area (Å²) in [5.74, 6) is -0.197. The summed E-state index contributed by atoms with van der Waals surface area (Å²) in [7, 11) is 0. The zero-order chi connectivity index (χ0) is 22.2. The highest BCUT2D eigenvalue weighted by Crippen LogP contribution is 2.27. The molecule has 0 saturated carbocycles. The molecule has 1 aromatic rings. The van der Waals surface area contributed by atoms with E-state index in [-0.39, 0.29) is 0 Å². The predicted molar refractivity (Wildman–Crippen MR) is 131 cm³/mol. The van der Waals surface area contributed by atoms with E-state index < -0.39 is 12.1 Å².